The normalized spacial score (nSPS) is 10.7. The lowest BCUT2D eigenvalue weighted by Crippen LogP contribution is -2.21. The quantitative estimate of drug-likeness (QED) is 0.640. The number of aliphatic carboxylic acids is 2. The molecule has 0 aliphatic rings. The van der Waals surface area contributed by atoms with Crippen LogP contribution < -0.4 is 0 Å². The third kappa shape index (κ3) is 7.84. The summed E-state index contributed by atoms with van der Waals surface area (Å²) in [6.45, 7) is 2.04. The van der Waals surface area contributed by atoms with Crippen LogP contribution in [-0.4, -0.2) is 34.5 Å². The van der Waals surface area contributed by atoms with Crippen molar-refractivity contribution in [3.05, 3.63) is 34.7 Å². The number of carbonyl (C=O) groups is 2. The van der Waals surface area contributed by atoms with Gasteiger partial charge in [0.15, 0.2) is 0 Å². The van der Waals surface area contributed by atoms with Crippen molar-refractivity contribution in [3.8, 4) is 6.07 Å². The molecule has 2 rings (SSSR count). The van der Waals surface area contributed by atoms with E-state index in [1.165, 1.54) is 10.3 Å². The number of hydrogen-bond donors (Lipinski definition) is 2. The van der Waals surface area contributed by atoms with Crippen LogP contribution in [0.5, 0.6) is 0 Å². The molecular weight excluding hydrogens is 392 g/mol. The van der Waals surface area contributed by atoms with Crippen LogP contribution in [-0.2, 0) is 9.59 Å². The highest BCUT2D eigenvalue weighted by molar-refractivity contribution is 7.17. The molecular formula is C14H9F6NO4S. The van der Waals surface area contributed by atoms with E-state index in [1.807, 2.05) is 12.3 Å². The topological polar surface area (TPSA) is 98.4 Å². The van der Waals surface area contributed by atoms with E-state index in [2.05, 4.69) is 24.3 Å². The Morgan fingerprint density at radius 2 is 1.46 bits per heavy atom. The van der Waals surface area contributed by atoms with Gasteiger partial charge in [0.25, 0.3) is 0 Å². The average molecular weight is 401 g/mol. The number of nitrogens with zero attached hydrogens (tertiary/aromatic N) is 1. The van der Waals surface area contributed by atoms with Crippen LogP contribution in [0.2, 0.25) is 0 Å². The molecule has 26 heavy (non-hydrogen) atoms. The van der Waals surface area contributed by atoms with Crippen LogP contribution in [0.15, 0.2) is 23.6 Å². The van der Waals surface area contributed by atoms with E-state index in [0.29, 0.717) is 0 Å². The fourth-order valence-corrected chi connectivity index (χ4v) is 2.10. The van der Waals surface area contributed by atoms with Gasteiger partial charge in [0, 0.05) is 15.5 Å². The fraction of sp³-hybridized carbons (Fsp3) is 0.214. The second-order valence-electron chi connectivity index (χ2n) is 4.37. The molecule has 1 aromatic carbocycles. The van der Waals surface area contributed by atoms with E-state index in [0.717, 1.165) is 10.9 Å². The molecule has 0 aliphatic carbocycles. The number of thiophene rings is 1. The van der Waals surface area contributed by atoms with Gasteiger partial charge in [-0.1, -0.05) is 11.6 Å². The highest BCUT2D eigenvalue weighted by Crippen LogP contribution is 2.25. The number of aryl methyl sites for hydroxylation is 1. The number of nitriles is 1. The standard InChI is InChI=1S/C10H7NS.2C2HF3O2/c1-7-2-3-10-9(4-7)8(5-11)6-12-10;2*3-2(4,5)1(6)7/h2-4,6H,1H3;2*(H,6,7). The Kier molecular flexibility index (Phi) is 8.07. The first-order valence-electron chi connectivity index (χ1n) is 6.18. The molecule has 12 heteroatoms. The highest BCUT2D eigenvalue weighted by Gasteiger charge is 2.38. The van der Waals surface area contributed by atoms with Gasteiger partial charge in [0.2, 0.25) is 0 Å². The molecule has 0 bridgehead atoms. The molecule has 0 amide bonds. The molecule has 0 fully saturated rings. The number of alkyl halides is 6. The average Bonchev–Trinajstić information content (AvgIpc) is 2.88. The number of fused-ring (bicyclic) bond motifs is 1. The van der Waals surface area contributed by atoms with Crippen LogP contribution in [0.4, 0.5) is 26.3 Å². The molecule has 2 N–H and O–H groups in total. The molecule has 0 saturated carbocycles. The molecule has 142 valence electrons. The van der Waals surface area contributed by atoms with Crippen LogP contribution in [0.25, 0.3) is 10.1 Å². The summed E-state index contributed by atoms with van der Waals surface area (Å²) in [5.41, 5.74) is 2.00. The Hall–Kier alpha value is -2.81. The van der Waals surface area contributed by atoms with Crippen molar-refractivity contribution in [1.29, 1.82) is 5.26 Å². The summed E-state index contributed by atoms with van der Waals surface area (Å²) in [7, 11) is 0. The van der Waals surface area contributed by atoms with Crippen molar-refractivity contribution in [2.24, 2.45) is 0 Å². The Balaban J connectivity index is 0.000000390. The summed E-state index contributed by atoms with van der Waals surface area (Å²) in [5, 5.41) is 26.0. The Bertz CT molecular complexity index is 795. The number of carboxylic acids is 2. The third-order valence-electron chi connectivity index (χ3n) is 2.33. The van der Waals surface area contributed by atoms with Crippen molar-refractivity contribution in [3.63, 3.8) is 0 Å². The summed E-state index contributed by atoms with van der Waals surface area (Å²) in [6.07, 6.45) is -10.2. The van der Waals surface area contributed by atoms with Crippen LogP contribution >= 0.6 is 11.3 Å². The molecule has 0 radical (unpaired) electrons. The molecule has 0 aliphatic heterocycles. The Labute approximate surface area is 145 Å². The number of carboxylic acid groups (broad SMARTS) is 2. The van der Waals surface area contributed by atoms with Crippen molar-refractivity contribution >= 4 is 33.4 Å². The van der Waals surface area contributed by atoms with E-state index in [1.54, 1.807) is 11.3 Å². The second kappa shape index (κ2) is 9.04. The minimum atomic E-state index is -5.08. The Morgan fingerprint density at radius 1 is 1.04 bits per heavy atom. The van der Waals surface area contributed by atoms with Crippen LogP contribution in [0.1, 0.15) is 11.1 Å². The van der Waals surface area contributed by atoms with Gasteiger partial charge in [-0.25, -0.2) is 9.59 Å². The van der Waals surface area contributed by atoms with E-state index in [4.69, 9.17) is 25.1 Å². The lowest BCUT2D eigenvalue weighted by molar-refractivity contribution is -0.193. The van der Waals surface area contributed by atoms with Crippen LogP contribution in [0.3, 0.4) is 0 Å². The predicted molar refractivity (Wildman–Crippen MR) is 78.7 cm³/mol. The maximum atomic E-state index is 10.6. The zero-order valence-electron chi connectivity index (χ0n) is 12.6. The highest BCUT2D eigenvalue weighted by atomic mass is 32.1. The lowest BCUT2D eigenvalue weighted by Gasteiger charge is -1.93. The number of benzene rings is 1. The third-order valence-corrected chi connectivity index (χ3v) is 3.30. The van der Waals surface area contributed by atoms with E-state index in [9.17, 15) is 26.3 Å². The SMILES string of the molecule is Cc1ccc2scc(C#N)c2c1.O=C(O)C(F)(F)F.O=C(O)C(F)(F)F. The van der Waals surface area contributed by atoms with E-state index < -0.39 is 24.3 Å². The molecule has 1 aromatic heterocycles. The fourth-order valence-electron chi connectivity index (χ4n) is 1.23. The zero-order chi connectivity index (χ0) is 20.7. The first-order chi connectivity index (χ1) is 11.7. The molecule has 0 spiro atoms. The van der Waals surface area contributed by atoms with Crippen molar-refractivity contribution in [2.45, 2.75) is 19.3 Å². The number of halogens is 6. The minimum absolute atomic E-state index is 0.790. The smallest absolute Gasteiger partial charge is 0.475 e. The summed E-state index contributed by atoms with van der Waals surface area (Å²) in [6, 6.07) is 8.38. The zero-order valence-corrected chi connectivity index (χ0v) is 13.5. The molecule has 0 saturated heterocycles. The summed E-state index contributed by atoms with van der Waals surface area (Å²) in [4.78, 5) is 17.8. The molecule has 0 atom stereocenters. The Morgan fingerprint density at radius 3 is 1.81 bits per heavy atom. The van der Waals surface area contributed by atoms with Gasteiger partial charge in [-0.05, 0) is 19.1 Å². The van der Waals surface area contributed by atoms with Crippen molar-refractivity contribution in [2.75, 3.05) is 0 Å². The van der Waals surface area contributed by atoms with E-state index in [-0.39, 0.29) is 0 Å². The van der Waals surface area contributed by atoms with E-state index >= 15 is 0 Å². The lowest BCUT2D eigenvalue weighted by atomic mass is 10.1. The maximum Gasteiger partial charge on any atom is 0.490 e. The summed E-state index contributed by atoms with van der Waals surface area (Å²) in [5.74, 6) is -5.51. The molecule has 2 aromatic rings. The minimum Gasteiger partial charge on any atom is -0.475 e. The molecule has 1 heterocycles. The first kappa shape index (κ1) is 23.2. The van der Waals surface area contributed by atoms with Gasteiger partial charge < -0.3 is 10.2 Å². The molecule has 0 unspecified atom stereocenters. The maximum absolute atomic E-state index is 10.6. The van der Waals surface area contributed by atoms with Gasteiger partial charge in [0.05, 0.1) is 5.56 Å². The summed E-state index contributed by atoms with van der Waals surface area (Å²) < 4.78 is 64.7. The van der Waals surface area contributed by atoms with Gasteiger partial charge >= 0.3 is 24.3 Å². The monoisotopic (exact) mass is 401 g/mol. The van der Waals surface area contributed by atoms with Gasteiger partial charge in [-0.3, -0.25) is 0 Å². The van der Waals surface area contributed by atoms with Gasteiger partial charge in [-0.15, -0.1) is 11.3 Å². The predicted octanol–water partition coefficient (Wildman–Crippen LogP) is 4.35. The van der Waals surface area contributed by atoms with Crippen molar-refractivity contribution in [1.82, 2.24) is 0 Å². The molecule has 5 nitrogen and oxygen atoms in total. The second-order valence-corrected chi connectivity index (χ2v) is 5.28. The van der Waals surface area contributed by atoms with Crippen molar-refractivity contribution < 1.29 is 46.1 Å². The number of hydrogen-bond acceptors (Lipinski definition) is 4. The first-order valence-corrected chi connectivity index (χ1v) is 7.06. The van der Waals surface area contributed by atoms with Crippen LogP contribution in [0, 0.1) is 18.3 Å². The van der Waals surface area contributed by atoms with Gasteiger partial charge in [-0.2, -0.15) is 31.6 Å². The summed E-state index contributed by atoms with van der Waals surface area (Å²) >= 11 is 1.62. The largest absolute Gasteiger partial charge is 0.490 e. The van der Waals surface area contributed by atoms with Gasteiger partial charge in [0.1, 0.15) is 6.07 Å². The number of rotatable bonds is 0.